The molecule has 0 aliphatic heterocycles. The minimum Gasteiger partial charge on any atom is -0.305 e. The molecule has 1 aliphatic rings. The van der Waals surface area contributed by atoms with E-state index in [4.69, 9.17) is 9.82 Å². The Morgan fingerprint density at radius 1 is 1.50 bits per heavy atom. The van der Waals surface area contributed by atoms with Crippen molar-refractivity contribution in [2.75, 3.05) is 7.11 Å². The van der Waals surface area contributed by atoms with E-state index < -0.39 is 0 Å². The predicted octanol–water partition coefficient (Wildman–Crippen LogP) is 2.82. The van der Waals surface area contributed by atoms with Crippen LogP contribution in [0.15, 0.2) is 18.2 Å². The Morgan fingerprint density at radius 3 is 3.12 bits per heavy atom. The van der Waals surface area contributed by atoms with E-state index in [2.05, 4.69) is 23.7 Å². The Bertz CT molecular complexity index is 505. The molecule has 84 valence electrons. The van der Waals surface area contributed by atoms with Gasteiger partial charge in [0, 0.05) is 12.5 Å². The number of thiazole rings is 1. The molecule has 1 aromatic heterocycles. The number of rotatable bonds is 4. The molecule has 0 atom stereocenters. The van der Waals surface area contributed by atoms with Crippen molar-refractivity contribution in [3.63, 3.8) is 0 Å². The summed E-state index contributed by atoms with van der Waals surface area (Å²) in [4.78, 5) is 9.54. The molecule has 1 N–H and O–H groups in total. The van der Waals surface area contributed by atoms with Crippen LogP contribution in [0.2, 0.25) is 0 Å². The van der Waals surface area contributed by atoms with Crippen molar-refractivity contribution in [3.05, 3.63) is 28.8 Å². The second-order valence-electron chi connectivity index (χ2n) is 4.15. The Morgan fingerprint density at radius 2 is 2.38 bits per heavy atom. The first-order valence-corrected chi connectivity index (χ1v) is 6.33. The molecule has 16 heavy (non-hydrogen) atoms. The second kappa shape index (κ2) is 4.13. The third kappa shape index (κ3) is 1.96. The van der Waals surface area contributed by atoms with Crippen molar-refractivity contribution >= 4 is 21.6 Å². The van der Waals surface area contributed by atoms with Crippen LogP contribution in [-0.2, 0) is 11.4 Å². The monoisotopic (exact) mass is 234 g/mol. The lowest BCUT2D eigenvalue weighted by atomic mass is 10.2. The molecule has 0 radical (unpaired) electrons. The molecule has 0 amide bonds. The normalized spacial score (nSPS) is 15.8. The summed E-state index contributed by atoms with van der Waals surface area (Å²) in [6.07, 6.45) is 2.63. The smallest absolute Gasteiger partial charge is 0.0969 e. The van der Waals surface area contributed by atoms with Gasteiger partial charge in [0.15, 0.2) is 0 Å². The van der Waals surface area contributed by atoms with Crippen molar-refractivity contribution in [1.29, 1.82) is 0 Å². The van der Waals surface area contributed by atoms with Crippen LogP contribution in [0.25, 0.3) is 10.2 Å². The van der Waals surface area contributed by atoms with Crippen molar-refractivity contribution in [1.82, 2.24) is 10.5 Å². The number of fused-ring (bicyclic) bond motifs is 1. The molecule has 3 nitrogen and oxygen atoms in total. The number of benzene rings is 1. The van der Waals surface area contributed by atoms with E-state index in [1.54, 1.807) is 7.11 Å². The van der Waals surface area contributed by atoms with Crippen LogP contribution in [0.4, 0.5) is 0 Å². The number of hydrogen-bond donors (Lipinski definition) is 1. The molecular formula is C12H14N2OS. The molecular weight excluding hydrogens is 220 g/mol. The Hall–Kier alpha value is -0.970. The Labute approximate surface area is 98.4 Å². The summed E-state index contributed by atoms with van der Waals surface area (Å²) in [5.74, 6) is 0.748. The summed E-state index contributed by atoms with van der Waals surface area (Å²) in [5, 5.41) is 1.31. The van der Waals surface area contributed by atoms with Crippen LogP contribution in [0, 0.1) is 0 Å². The van der Waals surface area contributed by atoms with Crippen molar-refractivity contribution in [3.8, 4) is 0 Å². The highest BCUT2D eigenvalue weighted by Gasteiger charge is 2.26. The molecule has 1 aromatic carbocycles. The summed E-state index contributed by atoms with van der Waals surface area (Å²) < 4.78 is 1.29. The quantitative estimate of drug-likeness (QED) is 0.826. The highest BCUT2D eigenvalue weighted by Crippen LogP contribution is 2.43. The van der Waals surface area contributed by atoms with Crippen LogP contribution in [0.5, 0.6) is 0 Å². The maximum absolute atomic E-state index is 4.84. The molecule has 1 heterocycles. The van der Waals surface area contributed by atoms with Gasteiger partial charge in [0.2, 0.25) is 0 Å². The first-order valence-electron chi connectivity index (χ1n) is 5.52. The minimum atomic E-state index is 0.725. The Kier molecular flexibility index (Phi) is 2.63. The van der Waals surface area contributed by atoms with Crippen molar-refractivity contribution in [2.24, 2.45) is 0 Å². The molecule has 1 fully saturated rings. The summed E-state index contributed by atoms with van der Waals surface area (Å²) in [6.45, 7) is 0.725. The molecule has 0 unspecified atom stereocenters. The average Bonchev–Trinajstić information content (AvgIpc) is 3.06. The van der Waals surface area contributed by atoms with Gasteiger partial charge < -0.3 is 4.84 Å². The van der Waals surface area contributed by atoms with E-state index in [1.165, 1.54) is 28.1 Å². The molecule has 1 saturated carbocycles. The van der Waals surface area contributed by atoms with Crippen LogP contribution < -0.4 is 5.48 Å². The lowest BCUT2D eigenvalue weighted by Gasteiger charge is -2.00. The fourth-order valence-electron chi connectivity index (χ4n) is 1.76. The largest absolute Gasteiger partial charge is 0.305 e. The lowest BCUT2D eigenvalue weighted by Crippen LogP contribution is -2.10. The van der Waals surface area contributed by atoms with Gasteiger partial charge in [-0.3, -0.25) is 0 Å². The SMILES string of the molecule is CONCc1ccc2sc(C3CC3)nc2c1. The third-order valence-corrected chi connectivity index (χ3v) is 4.01. The van der Waals surface area contributed by atoms with Gasteiger partial charge in [0.1, 0.15) is 0 Å². The lowest BCUT2D eigenvalue weighted by molar-refractivity contribution is 0.0867. The molecule has 0 bridgehead atoms. The molecule has 3 rings (SSSR count). The number of hydroxylamine groups is 1. The number of hydrogen-bond acceptors (Lipinski definition) is 4. The van der Waals surface area contributed by atoms with Gasteiger partial charge in [0.25, 0.3) is 0 Å². The fraction of sp³-hybridized carbons (Fsp3) is 0.417. The molecule has 2 aromatic rings. The summed E-state index contributed by atoms with van der Waals surface area (Å²) in [7, 11) is 1.63. The molecule has 0 saturated heterocycles. The van der Waals surface area contributed by atoms with E-state index in [1.807, 2.05) is 11.3 Å². The van der Waals surface area contributed by atoms with E-state index in [0.29, 0.717) is 0 Å². The number of nitrogens with zero attached hydrogens (tertiary/aromatic N) is 1. The van der Waals surface area contributed by atoms with Crippen LogP contribution in [0.3, 0.4) is 0 Å². The average molecular weight is 234 g/mol. The standard InChI is InChI=1S/C12H14N2OS/c1-15-13-7-8-2-5-11-10(6-8)14-12(16-11)9-3-4-9/h2,5-6,9,13H,3-4,7H2,1H3. The van der Waals surface area contributed by atoms with Crippen LogP contribution in [0.1, 0.15) is 29.3 Å². The van der Waals surface area contributed by atoms with Crippen LogP contribution >= 0.6 is 11.3 Å². The summed E-state index contributed by atoms with van der Waals surface area (Å²) in [5.41, 5.74) is 5.18. The highest BCUT2D eigenvalue weighted by atomic mass is 32.1. The highest BCUT2D eigenvalue weighted by molar-refractivity contribution is 7.18. The van der Waals surface area contributed by atoms with E-state index in [9.17, 15) is 0 Å². The number of aromatic nitrogens is 1. The van der Waals surface area contributed by atoms with E-state index in [0.717, 1.165) is 18.0 Å². The maximum atomic E-state index is 4.84. The van der Waals surface area contributed by atoms with E-state index >= 15 is 0 Å². The van der Waals surface area contributed by atoms with Gasteiger partial charge in [-0.15, -0.1) is 11.3 Å². The van der Waals surface area contributed by atoms with Crippen molar-refractivity contribution in [2.45, 2.75) is 25.3 Å². The first kappa shape index (κ1) is 10.2. The van der Waals surface area contributed by atoms with Crippen LogP contribution in [-0.4, -0.2) is 12.1 Å². The second-order valence-corrected chi connectivity index (χ2v) is 5.22. The topological polar surface area (TPSA) is 34.1 Å². The summed E-state index contributed by atoms with van der Waals surface area (Å²) in [6, 6.07) is 6.43. The number of nitrogens with one attached hydrogen (secondary N) is 1. The van der Waals surface area contributed by atoms with Gasteiger partial charge in [-0.1, -0.05) is 6.07 Å². The zero-order valence-electron chi connectivity index (χ0n) is 9.19. The zero-order valence-corrected chi connectivity index (χ0v) is 10.0. The molecule has 1 aliphatic carbocycles. The van der Waals surface area contributed by atoms with Gasteiger partial charge in [-0.25, -0.2) is 4.98 Å². The van der Waals surface area contributed by atoms with E-state index in [-0.39, 0.29) is 0 Å². The zero-order chi connectivity index (χ0) is 11.0. The minimum absolute atomic E-state index is 0.725. The fourth-order valence-corrected chi connectivity index (χ4v) is 2.88. The van der Waals surface area contributed by atoms with Gasteiger partial charge in [-0.2, -0.15) is 5.48 Å². The third-order valence-electron chi connectivity index (χ3n) is 2.82. The van der Waals surface area contributed by atoms with Gasteiger partial charge in [-0.05, 0) is 30.5 Å². The first-order chi connectivity index (χ1) is 7.86. The molecule has 4 heteroatoms. The molecule has 0 spiro atoms. The van der Waals surface area contributed by atoms with Gasteiger partial charge >= 0.3 is 0 Å². The van der Waals surface area contributed by atoms with Gasteiger partial charge in [0.05, 0.1) is 22.3 Å². The Balaban J connectivity index is 1.90. The predicted molar refractivity (Wildman–Crippen MR) is 65.4 cm³/mol. The summed E-state index contributed by atoms with van der Waals surface area (Å²) >= 11 is 1.84. The maximum Gasteiger partial charge on any atom is 0.0969 e. The van der Waals surface area contributed by atoms with Crippen molar-refractivity contribution < 1.29 is 4.84 Å².